The lowest BCUT2D eigenvalue weighted by Gasteiger charge is -2.11. The molecule has 9 heteroatoms. The van der Waals surface area contributed by atoms with E-state index in [4.69, 9.17) is 0 Å². The average Bonchev–Trinajstić information content (AvgIpc) is 3.43. The maximum Gasteiger partial charge on any atom is 0.231 e. The molecule has 3 heterocycles. The summed E-state index contributed by atoms with van der Waals surface area (Å²) >= 11 is 2.88. The first-order valence-corrected chi connectivity index (χ1v) is 11.2. The summed E-state index contributed by atoms with van der Waals surface area (Å²) in [5.74, 6) is 0.166. The van der Waals surface area contributed by atoms with Crippen molar-refractivity contribution in [3.05, 3.63) is 71.1 Å². The predicted octanol–water partition coefficient (Wildman–Crippen LogP) is 4.06. The van der Waals surface area contributed by atoms with Crippen molar-refractivity contribution >= 4 is 29.0 Å². The van der Waals surface area contributed by atoms with Crippen molar-refractivity contribution in [2.45, 2.75) is 25.0 Å². The first-order chi connectivity index (χ1) is 14.6. The smallest absolute Gasteiger partial charge is 0.231 e. The third kappa shape index (κ3) is 4.74. The van der Waals surface area contributed by atoms with E-state index in [1.807, 2.05) is 60.2 Å². The summed E-state index contributed by atoms with van der Waals surface area (Å²) in [7, 11) is 0. The van der Waals surface area contributed by atoms with Gasteiger partial charge in [0, 0.05) is 29.0 Å². The summed E-state index contributed by atoms with van der Waals surface area (Å²) in [4.78, 5) is 21.2. The molecule has 1 aromatic carbocycles. The quantitative estimate of drug-likeness (QED) is 0.440. The molecular formula is C21H20N6OS2. The van der Waals surface area contributed by atoms with Crippen LogP contribution in [-0.4, -0.2) is 36.4 Å². The molecule has 0 saturated carbocycles. The van der Waals surface area contributed by atoms with Gasteiger partial charge in [0.25, 0.3) is 0 Å². The molecule has 0 spiro atoms. The highest BCUT2D eigenvalue weighted by molar-refractivity contribution is 7.99. The number of amides is 1. The topological polar surface area (TPSA) is 85.6 Å². The molecule has 0 fully saturated rings. The molecule has 7 nitrogen and oxygen atoms in total. The van der Waals surface area contributed by atoms with Gasteiger partial charge in [-0.15, -0.1) is 21.5 Å². The van der Waals surface area contributed by atoms with Gasteiger partial charge >= 0.3 is 0 Å². The minimum absolute atomic E-state index is 0.0796. The van der Waals surface area contributed by atoms with Gasteiger partial charge < -0.3 is 5.32 Å². The normalized spacial score (nSPS) is 11.9. The zero-order valence-electron chi connectivity index (χ0n) is 16.5. The molecule has 1 N–H and O–H groups in total. The molecule has 30 heavy (non-hydrogen) atoms. The van der Waals surface area contributed by atoms with Gasteiger partial charge in [0.2, 0.25) is 5.91 Å². The predicted molar refractivity (Wildman–Crippen MR) is 119 cm³/mol. The molecule has 0 aliphatic carbocycles. The Labute approximate surface area is 182 Å². The van der Waals surface area contributed by atoms with Crippen LogP contribution in [0.2, 0.25) is 0 Å². The van der Waals surface area contributed by atoms with Gasteiger partial charge in [0.05, 0.1) is 17.5 Å². The molecule has 4 rings (SSSR count). The van der Waals surface area contributed by atoms with Gasteiger partial charge in [-0.05, 0) is 38.1 Å². The van der Waals surface area contributed by atoms with E-state index in [-0.39, 0.29) is 17.7 Å². The van der Waals surface area contributed by atoms with E-state index >= 15 is 0 Å². The molecule has 1 amide bonds. The SMILES string of the molecule is Cc1ccc(-n2cnnc2SCC(=O)NC(C)c2nc(-c3cccnc3)cs2)cc1. The van der Waals surface area contributed by atoms with E-state index in [1.165, 1.54) is 28.7 Å². The summed E-state index contributed by atoms with van der Waals surface area (Å²) < 4.78 is 1.88. The number of aryl methyl sites for hydroxylation is 1. The van der Waals surface area contributed by atoms with Crippen molar-refractivity contribution in [2.75, 3.05) is 5.75 Å². The van der Waals surface area contributed by atoms with Crippen LogP contribution in [0.5, 0.6) is 0 Å². The summed E-state index contributed by atoms with van der Waals surface area (Å²) in [6.45, 7) is 3.97. The molecule has 0 saturated heterocycles. The fourth-order valence-electron chi connectivity index (χ4n) is 2.81. The Balaban J connectivity index is 1.35. The molecule has 4 aromatic rings. The fourth-order valence-corrected chi connectivity index (χ4v) is 4.39. The molecule has 1 atom stereocenters. The molecular weight excluding hydrogens is 416 g/mol. The number of aromatic nitrogens is 5. The van der Waals surface area contributed by atoms with E-state index in [1.54, 1.807) is 18.7 Å². The number of nitrogens with one attached hydrogen (secondary N) is 1. The zero-order valence-corrected chi connectivity index (χ0v) is 18.2. The summed E-state index contributed by atoms with van der Waals surface area (Å²) in [6, 6.07) is 11.8. The Morgan fingerprint density at radius 1 is 1.27 bits per heavy atom. The van der Waals surface area contributed by atoms with Crippen LogP contribution >= 0.6 is 23.1 Å². The zero-order chi connectivity index (χ0) is 20.9. The largest absolute Gasteiger partial charge is 0.346 e. The lowest BCUT2D eigenvalue weighted by atomic mass is 10.2. The third-order valence-corrected chi connectivity index (χ3v) is 6.36. The second kappa shape index (κ2) is 9.19. The molecule has 1 unspecified atom stereocenters. The maximum absolute atomic E-state index is 12.5. The van der Waals surface area contributed by atoms with Crippen LogP contribution in [0.25, 0.3) is 16.9 Å². The van der Waals surface area contributed by atoms with Crippen molar-refractivity contribution in [1.82, 2.24) is 30.0 Å². The summed E-state index contributed by atoms with van der Waals surface area (Å²) in [6.07, 6.45) is 5.17. The number of benzene rings is 1. The lowest BCUT2D eigenvalue weighted by Crippen LogP contribution is -2.28. The number of hydrogen-bond donors (Lipinski definition) is 1. The third-order valence-electron chi connectivity index (χ3n) is 4.39. The second-order valence-electron chi connectivity index (χ2n) is 6.71. The van der Waals surface area contributed by atoms with Gasteiger partial charge in [-0.1, -0.05) is 29.5 Å². The van der Waals surface area contributed by atoms with E-state index < -0.39 is 0 Å². The van der Waals surface area contributed by atoms with Crippen LogP contribution in [0.4, 0.5) is 0 Å². The second-order valence-corrected chi connectivity index (χ2v) is 8.54. The Morgan fingerprint density at radius 2 is 2.10 bits per heavy atom. The first-order valence-electron chi connectivity index (χ1n) is 9.35. The van der Waals surface area contributed by atoms with Crippen LogP contribution in [0.3, 0.4) is 0 Å². The van der Waals surface area contributed by atoms with Crippen LogP contribution in [-0.2, 0) is 4.79 Å². The summed E-state index contributed by atoms with van der Waals surface area (Å²) in [5.41, 5.74) is 3.98. The van der Waals surface area contributed by atoms with Crippen LogP contribution in [0, 0.1) is 6.92 Å². The van der Waals surface area contributed by atoms with E-state index in [2.05, 4.69) is 25.5 Å². The average molecular weight is 437 g/mol. The van der Waals surface area contributed by atoms with E-state index in [0.717, 1.165) is 22.0 Å². The molecule has 0 radical (unpaired) electrons. The minimum Gasteiger partial charge on any atom is -0.346 e. The maximum atomic E-state index is 12.5. The number of thiazole rings is 1. The Bertz CT molecular complexity index is 1120. The van der Waals surface area contributed by atoms with Gasteiger partial charge in [0.1, 0.15) is 11.3 Å². The summed E-state index contributed by atoms with van der Waals surface area (Å²) in [5, 5.41) is 14.6. The number of carbonyl (C=O) groups is 1. The van der Waals surface area contributed by atoms with Crippen molar-refractivity contribution in [2.24, 2.45) is 0 Å². The number of carbonyl (C=O) groups excluding carboxylic acids is 1. The van der Waals surface area contributed by atoms with E-state index in [9.17, 15) is 4.79 Å². The fraction of sp³-hybridized carbons (Fsp3) is 0.190. The molecule has 3 aromatic heterocycles. The van der Waals surface area contributed by atoms with Crippen LogP contribution < -0.4 is 5.32 Å². The first kappa shape index (κ1) is 20.2. The van der Waals surface area contributed by atoms with Crippen molar-refractivity contribution < 1.29 is 4.79 Å². The monoisotopic (exact) mass is 436 g/mol. The number of hydrogen-bond acceptors (Lipinski definition) is 7. The van der Waals surface area contributed by atoms with Crippen LogP contribution in [0.15, 0.2) is 65.7 Å². The Hall–Kier alpha value is -3.04. The van der Waals surface area contributed by atoms with Crippen LogP contribution in [0.1, 0.15) is 23.5 Å². The van der Waals surface area contributed by atoms with Gasteiger partial charge in [-0.25, -0.2) is 4.98 Å². The van der Waals surface area contributed by atoms with Crippen molar-refractivity contribution in [3.8, 4) is 16.9 Å². The highest BCUT2D eigenvalue weighted by Gasteiger charge is 2.16. The Morgan fingerprint density at radius 3 is 2.87 bits per heavy atom. The molecule has 152 valence electrons. The highest BCUT2D eigenvalue weighted by atomic mass is 32.2. The number of thioether (sulfide) groups is 1. The number of nitrogens with zero attached hydrogens (tertiary/aromatic N) is 5. The van der Waals surface area contributed by atoms with Gasteiger partial charge in [-0.3, -0.25) is 14.3 Å². The van der Waals surface area contributed by atoms with Crippen molar-refractivity contribution in [1.29, 1.82) is 0 Å². The molecule has 0 aliphatic rings. The molecule has 0 bridgehead atoms. The Kier molecular flexibility index (Phi) is 6.20. The molecule has 0 aliphatic heterocycles. The van der Waals surface area contributed by atoms with Gasteiger partial charge in [0.15, 0.2) is 5.16 Å². The highest BCUT2D eigenvalue weighted by Crippen LogP contribution is 2.25. The van der Waals surface area contributed by atoms with Crippen molar-refractivity contribution in [3.63, 3.8) is 0 Å². The van der Waals surface area contributed by atoms with E-state index in [0.29, 0.717) is 5.16 Å². The minimum atomic E-state index is -0.177. The lowest BCUT2D eigenvalue weighted by molar-refractivity contribution is -0.119. The number of rotatable bonds is 7. The van der Waals surface area contributed by atoms with Gasteiger partial charge in [-0.2, -0.15) is 0 Å². The standard InChI is InChI=1S/C21H20N6OS2/c1-14-5-7-17(8-6-14)27-13-23-26-21(27)30-12-19(28)24-15(2)20-25-18(11-29-20)16-4-3-9-22-10-16/h3-11,13,15H,12H2,1-2H3,(H,24,28). The number of pyridine rings is 1.